The minimum atomic E-state index is 0.751. The van der Waals surface area contributed by atoms with Crippen LogP contribution in [0.2, 0.25) is 0 Å². The molecule has 70 valence electrons. The molecule has 0 atom stereocenters. The Bertz CT molecular complexity index is 462. The van der Waals surface area contributed by atoms with Crippen LogP contribution in [0.5, 0.6) is 0 Å². The molecule has 0 aromatic carbocycles. The molecule has 0 amide bonds. The van der Waals surface area contributed by atoms with Crippen LogP contribution in [-0.4, -0.2) is 11.3 Å². The first-order chi connectivity index (χ1) is 6.79. The van der Waals surface area contributed by atoms with Gasteiger partial charge < -0.3 is 0 Å². The lowest BCUT2D eigenvalue weighted by Crippen LogP contribution is -1.78. The number of aldehydes is 1. The van der Waals surface area contributed by atoms with Crippen molar-refractivity contribution in [1.29, 1.82) is 0 Å². The Labute approximate surface area is 86.2 Å². The van der Waals surface area contributed by atoms with E-state index in [9.17, 15) is 4.79 Å². The summed E-state index contributed by atoms with van der Waals surface area (Å²) >= 11 is 1.49. The molecule has 0 unspecified atom stereocenters. The van der Waals surface area contributed by atoms with Crippen LogP contribution in [0.15, 0.2) is 30.6 Å². The van der Waals surface area contributed by atoms with Crippen LogP contribution in [0.4, 0.5) is 0 Å². The number of hydrogen-bond acceptors (Lipinski definition) is 3. The molecular formula is C11H9NOS. The highest BCUT2D eigenvalue weighted by Crippen LogP contribution is 2.26. The van der Waals surface area contributed by atoms with Crippen molar-refractivity contribution in [3.63, 3.8) is 0 Å². The summed E-state index contributed by atoms with van der Waals surface area (Å²) in [7, 11) is 0. The smallest absolute Gasteiger partial charge is 0.160 e. The van der Waals surface area contributed by atoms with Crippen LogP contribution in [0.3, 0.4) is 0 Å². The van der Waals surface area contributed by atoms with Gasteiger partial charge in [0, 0.05) is 22.8 Å². The molecule has 0 aliphatic rings. The molecule has 0 saturated carbocycles. The minimum Gasteiger partial charge on any atom is -0.297 e. The summed E-state index contributed by atoms with van der Waals surface area (Å²) in [6.45, 7) is 2.00. The van der Waals surface area contributed by atoms with Gasteiger partial charge in [-0.2, -0.15) is 0 Å². The SMILES string of the molecule is Cc1cncc(-c2ccc(C=O)s2)c1. The van der Waals surface area contributed by atoms with E-state index in [1.807, 2.05) is 31.5 Å². The lowest BCUT2D eigenvalue weighted by atomic mass is 10.2. The van der Waals surface area contributed by atoms with Gasteiger partial charge in [-0.1, -0.05) is 0 Å². The summed E-state index contributed by atoms with van der Waals surface area (Å²) in [4.78, 5) is 16.5. The number of thiophene rings is 1. The van der Waals surface area contributed by atoms with Gasteiger partial charge in [0.25, 0.3) is 0 Å². The zero-order valence-electron chi connectivity index (χ0n) is 7.73. The molecule has 14 heavy (non-hydrogen) atoms. The maximum absolute atomic E-state index is 10.5. The third kappa shape index (κ3) is 1.72. The fourth-order valence-electron chi connectivity index (χ4n) is 1.26. The summed E-state index contributed by atoms with van der Waals surface area (Å²) in [6, 6.07) is 5.84. The number of rotatable bonds is 2. The summed E-state index contributed by atoms with van der Waals surface area (Å²) in [6.07, 6.45) is 4.50. The molecule has 2 rings (SSSR count). The summed E-state index contributed by atoms with van der Waals surface area (Å²) < 4.78 is 0. The molecule has 2 aromatic rings. The Hall–Kier alpha value is -1.48. The number of carbonyl (C=O) groups is 1. The maximum Gasteiger partial charge on any atom is 0.160 e. The van der Waals surface area contributed by atoms with E-state index in [1.54, 1.807) is 0 Å². The average Bonchev–Trinajstić information content (AvgIpc) is 2.66. The van der Waals surface area contributed by atoms with E-state index in [-0.39, 0.29) is 0 Å². The molecular weight excluding hydrogens is 194 g/mol. The number of aromatic nitrogens is 1. The van der Waals surface area contributed by atoms with Gasteiger partial charge in [-0.25, -0.2) is 0 Å². The lowest BCUT2D eigenvalue weighted by Gasteiger charge is -1.96. The van der Waals surface area contributed by atoms with Crippen molar-refractivity contribution >= 4 is 17.6 Å². The van der Waals surface area contributed by atoms with Gasteiger partial charge in [0.1, 0.15) is 0 Å². The first-order valence-electron chi connectivity index (χ1n) is 4.26. The molecule has 0 aliphatic heterocycles. The van der Waals surface area contributed by atoms with Crippen LogP contribution in [-0.2, 0) is 0 Å². The van der Waals surface area contributed by atoms with Crippen molar-refractivity contribution in [2.24, 2.45) is 0 Å². The molecule has 0 N–H and O–H groups in total. The molecule has 0 saturated heterocycles. The molecule has 2 aromatic heterocycles. The Morgan fingerprint density at radius 1 is 1.36 bits per heavy atom. The van der Waals surface area contributed by atoms with E-state index < -0.39 is 0 Å². The van der Waals surface area contributed by atoms with Crippen molar-refractivity contribution in [2.75, 3.05) is 0 Å². The first-order valence-corrected chi connectivity index (χ1v) is 5.08. The van der Waals surface area contributed by atoms with Crippen molar-refractivity contribution in [2.45, 2.75) is 6.92 Å². The predicted octanol–water partition coefficient (Wildman–Crippen LogP) is 2.93. The summed E-state index contributed by atoms with van der Waals surface area (Å²) in [5, 5.41) is 0. The van der Waals surface area contributed by atoms with Gasteiger partial charge in [0.2, 0.25) is 0 Å². The molecule has 0 radical (unpaired) electrons. The van der Waals surface area contributed by atoms with E-state index in [0.29, 0.717) is 0 Å². The number of hydrogen-bond donors (Lipinski definition) is 0. The van der Waals surface area contributed by atoms with E-state index in [4.69, 9.17) is 0 Å². The topological polar surface area (TPSA) is 30.0 Å². The van der Waals surface area contributed by atoms with E-state index >= 15 is 0 Å². The van der Waals surface area contributed by atoms with Crippen LogP contribution < -0.4 is 0 Å². The Kier molecular flexibility index (Phi) is 2.41. The van der Waals surface area contributed by atoms with Crippen LogP contribution in [0.25, 0.3) is 10.4 Å². The van der Waals surface area contributed by atoms with Crippen LogP contribution in [0, 0.1) is 6.92 Å². The van der Waals surface area contributed by atoms with Crippen molar-refractivity contribution in [3.8, 4) is 10.4 Å². The molecule has 0 aliphatic carbocycles. The molecule has 0 spiro atoms. The third-order valence-electron chi connectivity index (χ3n) is 1.90. The first kappa shape index (κ1) is 9.09. The highest BCUT2D eigenvalue weighted by Gasteiger charge is 2.02. The van der Waals surface area contributed by atoms with Gasteiger partial charge in [-0.05, 0) is 30.7 Å². The molecule has 0 bridgehead atoms. The van der Waals surface area contributed by atoms with Crippen LogP contribution in [0.1, 0.15) is 15.2 Å². The predicted molar refractivity (Wildman–Crippen MR) is 57.7 cm³/mol. The maximum atomic E-state index is 10.5. The fourth-order valence-corrected chi connectivity index (χ4v) is 2.06. The molecule has 2 nitrogen and oxygen atoms in total. The fraction of sp³-hybridized carbons (Fsp3) is 0.0909. The molecule has 0 fully saturated rings. The largest absolute Gasteiger partial charge is 0.297 e. The minimum absolute atomic E-state index is 0.751. The van der Waals surface area contributed by atoms with Gasteiger partial charge >= 0.3 is 0 Å². The second kappa shape index (κ2) is 3.72. The third-order valence-corrected chi connectivity index (χ3v) is 2.96. The second-order valence-electron chi connectivity index (χ2n) is 3.07. The number of nitrogens with zero attached hydrogens (tertiary/aromatic N) is 1. The highest BCUT2D eigenvalue weighted by molar-refractivity contribution is 7.17. The van der Waals surface area contributed by atoms with E-state index in [2.05, 4.69) is 11.1 Å². The van der Waals surface area contributed by atoms with E-state index in [1.165, 1.54) is 11.3 Å². The van der Waals surface area contributed by atoms with Gasteiger partial charge in [0.15, 0.2) is 6.29 Å². The van der Waals surface area contributed by atoms with Crippen LogP contribution >= 0.6 is 11.3 Å². The normalized spacial score (nSPS) is 10.1. The van der Waals surface area contributed by atoms with Gasteiger partial charge in [0.05, 0.1) is 4.88 Å². The zero-order valence-corrected chi connectivity index (χ0v) is 8.54. The highest BCUT2D eigenvalue weighted by atomic mass is 32.1. The quantitative estimate of drug-likeness (QED) is 0.702. The van der Waals surface area contributed by atoms with Crippen molar-refractivity contribution in [3.05, 3.63) is 41.0 Å². The monoisotopic (exact) mass is 203 g/mol. The standard InChI is InChI=1S/C11H9NOS/c1-8-4-9(6-12-5-8)11-3-2-10(7-13)14-11/h2-7H,1H3. The summed E-state index contributed by atoms with van der Waals surface area (Å²) in [5.74, 6) is 0. The Morgan fingerprint density at radius 3 is 2.86 bits per heavy atom. The molecule has 2 heterocycles. The lowest BCUT2D eigenvalue weighted by molar-refractivity contribution is 0.112. The Balaban J connectivity index is 2.43. The zero-order chi connectivity index (χ0) is 9.97. The van der Waals surface area contributed by atoms with E-state index in [0.717, 1.165) is 27.2 Å². The summed E-state index contributed by atoms with van der Waals surface area (Å²) in [5.41, 5.74) is 2.20. The average molecular weight is 203 g/mol. The van der Waals surface area contributed by atoms with Gasteiger partial charge in [-0.3, -0.25) is 9.78 Å². The number of carbonyl (C=O) groups excluding carboxylic acids is 1. The van der Waals surface area contributed by atoms with Crippen molar-refractivity contribution < 1.29 is 4.79 Å². The second-order valence-corrected chi connectivity index (χ2v) is 4.19. The Morgan fingerprint density at radius 2 is 2.21 bits per heavy atom. The number of pyridine rings is 1. The number of aryl methyl sites for hydroxylation is 1. The molecule has 3 heteroatoms. The van der Waals surface area contributed by atoms with Crippen molar-refractivity contribution in [1.82, 2.24) is 4.98 Å². The van der Waals surface area contributed by atoms with Gasteiger partial charge in [-0.15, -0.1) is 11.3 Å².